The maximum atomic E-state index is 12.3. The van der Waals surface area contributed by atoms with Crippen molar-refractivity contribution in [1.82, 2.24) is 5.32 Å². The van der Waals surface area contributed by atoms with Crippen molar-refractivity contribution in [2.24, 2.45) is 0 Å². The van der Waals surface area contributed by atoms with Crippen molar-refractivity contribution < 1.29 is 34.0 Å². The average molecular weight is 671 g/mol. The Bertz CT molecular complexity index is 1630. The highest BCUT2D eigenvalue weighted by molar-refractivity contribution is 7.99. The number of benzene rings is 3. The fourth-order valence-corrected chi connectivity index (χ4v) is 6.56. The highest BCUT2D eigenvalue weighted by atomic mass is 32.2. The van der Waals surface area contributed by atoms with Crippen LogP contribution in [0.3, 0.4) is 0 Å². The van der Waals surface area contributed by atoms with Crippen LogP contribution in [0.4, 0.5) is 0 Å². The van der Waals surface area contributed by atoms with E-state index < -0.39 is 12.3 Å². The number of aliphatic carboxylic acids is 1. The number of hydrogen-bond acceptors (Lipinski definition) is 7. The summed E-state index contributed by atoms with van der Waals surface area (Å²) in [5, 5.41) is 34.0. The third-order valence-corrected chi connectivity index (χ3v) is 9.45. The van der Waals surface area contributed by atoms with Crippen molar-refractivity contribution in [3.63, 3.8) is 0 Å². The third-order valence-electron chi connectivity index (χ3n) is 8.30. The van der Waals surface area contributed by atoms with Gasteiger partial charge in [-0.15, -0.1) is 0 Å². The molecule has 5 rings (SSSR count). The van der Waals surface area contributed by atoms with Crippen LogP contribution in [-0.2, 0) is 32.2 Å². The lowest BCUT2D eigenvalue weighted by Gasteiger charge is -2.36. The largest absolute Gasteiger partial charge is 0.618 e. The number of carbonyl (C=O) groups excluding carboxylic acids is 1. The normalized spacial score (nSPS) is 17.6. The molecule has 0 saturated carbocycles. The molecule has 1 aromatic heterocycles. The van der Waals surface area contributed by atoms with E-state index in [2.05, 4.69) is 11.4 Å². The van der Waals surface area contributed by atoms with Gasteiger partial charge in [-0.05, 0) is 52.8 Å². The van der Waals surface area contributed by atoms with Crippen molar-refractivity contribution >= 4 is 23.6 Å². The number of thioether (sulfide) groups is 1. The van der Waals surface area contributed by atoms with Gasteiger partial charge in [-0.1, -0.05) is 91.3 Å². The van der Waals surface area contributed by atoms with Crippen LogP contribution < -0.4 is 10.0 Å². The Labute approximate surface area is 285 Å². The zero-order chi connectivity index (χ0) is 33.7. The Morgan fingerprint density at radius 3 is 2.31 bits per heavy atom. The van der Waals surface area contributed by atoms with Crippen LogP contribution in [0.25, 0.3) is 11.1 Å². The Morgan fingerprint density at radius 2 is 1.58 bits per heavy atom. The van der Waals surface area contributed by atoms with Gasteiger partial charge in [0.2, 0.25) is 5.91 Å². The van der Waals surface area contributed by atoms with Gasteiger partial charge in [0.1, 0.15) is 0 Å². The smallest absolute Gasteiger partial charge is 0.303 e. The number of amides is 1. The maximum absolute atomic E-state index is 12.3. The van der Waals surface area contributed by atoms with Crippen molar-refractivity contribution in [2.45, 2.75) is 81.6 Å². The number of carboxylic acids is 1. The maximum Gasteiger partial charge on any atom is 0.303 e. The molecule has 0 bridgehead atoms. The molecule has 1 aliphatic rings. The molecule has 4 aromatic rings. The van der Waals surface area contributed by atoms with E-state index in [-0.39, 0.29) is 31.1 Å². The second-order valence-corrected chi connectivity index (χ2v) is 13.0. The first-order chi connectivity index (χ1) is 23.4. The van der Waals surface area contributed by atoms with Gasteiger partial charge in [0.05, 0.1) is 18.8 Å². The number of unbranched alkanes of at least 4 members (excludes halogenated alkanes) is 3. The number of ether oxygens (including phenoxy) is 2. The third kappa shape index (κ3) is 10.4. The summed E-state index contributed by atoms with van der Waals surface area (Å²) in [5.41, 5.74) is 5.78. The molecule has 2 heterocycles. The predicted octanol–water partition coefficient (Wildman–Crippen LogP) is 6.86. The summed E-state index contributed by atoms with van der Waals surface area (Å²) in [4.78, 5) is 23.0. The van der Waals surface area contributed by atoms with E-state index in [1.807, 2.05) is 72.8 Å². The fourth-order valence-electron chi connectivity index (χ4n) is 5.62. The van der Waals surface area contributed by atoms with Crippen LogP contribution in [0.5, 0.6) is 0 Å². The second kappa shape index (κ2) is 17.8. The van der Waals surface area contributed by atoms with Crippen molar-refractivity contribution in [3.8, 4) is 11.1 Å². The van der Waals surface area contributed by atoms with E-state index in [1.165, 1.54) is 18.0 Å². The Balaban J connectivity index is 1.20. The van der Waals surface area contributed by atoms with Gasteiger partial charge in [0.25, 0.3) is 5.03 Å². The van der Waals surface area contributed by atoms with Gasteiger partial charge in [0, 0.05) is 49.3 Å². The van der Waals surface area contributed by atoms with Crippen molar-refractivity contribution in [3.05, 3.63) is 125 Å². The summed E-state index contributed by atoms with van der Waals surface area (Å²) in [7, 11) is 0. The predicted molar refractivity (Wildman–Crippen MR) is 184 cm³/mol. The van der Waals surface area contributed by atoms with Crippen molar-refractivity contribution in [2.75, 3.05) is 5.75 Å². The fraction of sp³-hybridized carbons (Fsp3) is 0.342. The molecular formula is C38H42N2O7S. The summed E-state index contributed by atoms with van der Waals surface area (Å²) in [6.07, 6.45) is 4.78. The number of carboxylic acid groups (broad SMARTS) is 1. The molecule has 0 radical (unpaired) electrons. The van der Waals surface area contributed by atoms with Crippen LogP contribution >= 0.6 is 11.8 Å². The number of nitrogens with one attached hydrogen (secondary N) is 1. The number of nitrogens with zero attached hydrogens (tertiary/aromatic N) is 1. The van der Waals surface area contributed by atoms with Gasteiger partial charge >= 0.3 is 5.97 Å². The van der Waals surface area contributed by atoms with Gasteiger partial charge in [0.15, 0.2) is 12.5 Å². The first-order valence-electron chi connectivity index (χ1n) is 16.4. The minimum absolute atomic E-state index is 0.00851. The molecule has 48 heavy (non-hydrogen) atoms. The van der Waals surface area contributed by atoms with Crippen LogP contribution in [-0.4, -0.2) is 33.9 Å². The van der Waals surface area contributed by atoms with Gasteiger partial charge < -0.3 is 30.2 Å². The molecule has 1 fully saturated rings. The summed E-state index contributed by atoms with van der Waals surface area (Å²) in [6.45, 7) is 0.411. The molecule has 252 valence electrons. The minimum Gasteiger partial charge on any atom is -0.618 e. The summed E-state index contributed by atoms with van der Waals surface area (Å²) in [6, 6.07) is 29.3. The SMILES string of the molecule is O=C(O)CCCCCCC(=O)NCc1cccc(-c2ccc([C@@H]3O[C@H](CSc4cccc[n+]4[O-])C[C@H](c4ccc(CO)cc4)O3)cc2)c1. The Morgan fingerprint density at radius 1 is 0.833 bits per heavy atom. The van der Waals surface area contributed by atoms with E-state index in [1.54, 1.807) is 12.1 Å². The highest BCUT2D eigenvalue weighted by Gasteiger charge is 2.32. The number of aliphatic hydroxyl groups is 1. The summed E-state index contributed by atoms with van der Waals surface area (Å²) < 4.78 is 13.8. The zero-order valence-electron chi connectivity index (χ0n) is 26.8. The minimum atomic E-state index is -0.780. The number of aromatic nitrogens is 1. The Hall–Kier alpha value is -4.22. The van der Waals surface area contributed by atoms with E-state index >= 15 is 0 Å². The molecule has 1 amide bonds. The lowest BCUT2D eigenvalue weighted by Crippen LogP contribution is -2.32. The first-order valence-corrected chi connectivity index (χ1v) is 17.4. The lowest BCUT2D eigenvalue weighted by atomic mass is 9.99. The van der Waals surface area contributed by atoms with Crippen LogP contribution in [0.1, 0.15) is 79.6 Å². The molecule has 3 aromatic carbocycles. The number of aliphatic hydroxyl groups excluding tert-OH is 1. The van der Waals surface area contributed by atoms with E-state index in [0.29, 0.717) is 36.6 Å². The van der Waals surface area contributed by atoms with Crippen LogP contribution in [0.2, 0.25) is 0 Å². The van der Waals surface area contributed by atoms with Crippen LogP contribution in [0, 0.1) is 5.21 Å². The molecule has 3 N–H and O–H groups in total. The molecule has 1 saturated heterocycles. The van der Waals surface area contributed by atoms with E-state index in [4.69, 9.17) is 14.6 Å². The molecule has 0 unspecified atom stereocenters. The summed E-state index contributed by atoms with van der Waals surface area (Å²) >= 11 is 1.46. The second-order valence-electron chi connectivity index (χ2n) is 11.9. The molecule has 0 spiro atoms. The number of rotatable bonds is 16. The lowest BCUT2D eigenvalue weighted by molar-refractivity contribution is -0.645. The quantitative estimate of drug-likeness (QED) is 0.0510. The number of pyridine rings is 1. The Kier molecular flexibility index (Phi) is 13.0. The number of hydrogen-bond donors (Lipinski definition) is 3. The molecule has 9 nitrogen and oxygen atoms in total. The first kappa shape index (κ1) is 35.1. The van der Waals surface area contributed by atoms with Gasteiger partial charge in [-0.25, -0.2) is 0 Å². The highest BCUT2D eigenvalue weighted by Crippen LogP contribution is 2.39. The average Bonchev–Trinajstić information content (AvgIpc) is 3.12. The summed E-state index contributed by atoms with van der Waals surface area (Å²) in [5.74, 6) is -0.200. The molecule has 1 aliphatic heterocycles. The van der Waals surface area contributed by atoms with E-state index in [9.17, 15) is 19.9 Å². The topological polar surface area (TPSA) is 132 Å². The monoisotopic (exact) mass is 670 g/mol. The molecule has 10 heteroatoms. The zero-order valence-corrected chi connectivity index (χ0v) is 27.6. The standard InChI is InChI=1S/C38H42N2O7S/c41-25-27-13-15-30(16-14-27)34-23-33(26-48-36-11-5-6-21-40(36)45)46-38(47-34)31-19-17-29(18-20-31)32-9-7-8-28(22-32)24-39-35(42)10-3-1-2-4-12-37(43)44/h5-9,11,13-22,33-34,38,41H,1-4,10,12,23-26H2,(H,39,42)(H,43,44)/t33-,34+,38+/m0/s1. The molecular weight excluding hydrogens is 628 g/mol. The van der Waals surface area contributed by atoms with Gasteiger partial charge in [-0.2, -0.15) is 4.73 Å². The van der Waals surface area contributed by atoms with Crippen LogP contribution in [0.15, 0.2) is 102 Å². The van der Waals surface area contributed by atoms with Crippen molar-refractivity contribution in [1.29, 1.82) is 0 Å². The molecule has 0 aliphatic carbocycles. The molecule has 3 atom stereocenters. The number of carbonyl (C=O) groups is 2. The van der Waals surface area contributed by atoms with Gasteiger partial charge in [-0.3, -0.25) is 9.59 Å². The van der Waals surface area contributed by atoms with E-state index in [0.717, 1.165) is 57.4 Å².